The van der Waals surface area contributed by atoms with Gasteiger partial charge in [0, 0.05) is 17.3 Å². The number of methoxy groups -OCH3 is 1. The van der Waals surface area contributed by atoms with Crippen LogP contribution < -0.4 is 14.8 Å². The number of sulfonamides is 1. The summed E-state index contributed by atoms with van der Waals surface area (Å²) in [5, 5.41) is 2.73. The van der Waals surface area contributed by atoms with Gasteiger partial charge in [0.2, 0.25) is 10.0 Å². The fraction of sp³-hybridized carbons (Fsp3) is 0.278. The minimum atomic E-state index is -3.66. The zero-order chi connectivity index (χ0) is 18.4. The van der Waals surface area contributed by atoms with Crippen LogP contribution in [-0.4, -0.2) is 27.5 Å². The zero-order valence-electron chi connectivity index (χ0n) is 14.4. The quantitative estimate of drug-likeness (QED) is 0.793. The summed E-state index contributed by atoms with van der Waals surface area (Å²) in [6, 6.07) is 12.7. The Balaban J connectivity index is 2.18. The number of hydrogen-bond donors (Lipinski definition) is 2. The normalized spacial score (nSPS) is 12.4. The molecular weight excluding hydrogens is 340 g/mol. The van der Waals surface area contributed by atoms with E-state index in [4.69, 9.17) is 4.74 Å². The summed E-state index contributed by atoms with van der Waals surface area (Å²) in [4.78, 5) is 12.4. The third kappa shape index (κ3) is 5.04. The van der Waals surface area contributed by atoms with Crippen molar-refractivity contribution in [1.29, 1.82) is 0 Å². The van der Waals surface area contributed by atoms with Crippen LogP contribution in [0, 0.1) is 0 Å². The number of rotatable bonds is 7. The Morgan fingerprint density at radius 1 is 1.16 bits per heavy atom. The molecule has 1 amide bonds. The number of amides is 1. The van der Waals surface area contributed by atoms with Crippen LogP contribution in [0.3, 0.4) is 0 Å². The molecule has 7 heteroatoms. The average molecular weight is 362 g/mol. The van der Waals surface area contributed by atoms with Gasteiger partial charge in [-0.3, -0.25) is 4.79 Å². The molecule has 0 saturated heterocycles. The molecule has 0 heterocycles. The second-order valence-corrected chi connectivity index (χ2v) is 7.36. The van der Waals surface area contributed by atoms with Gasteiger partial charge in [0.25, 0.3) is 5.91 Å². The summed E-state index contributed by atoms with van der Waals surface area (Å²) >= 11 is 0. The van der Waals surface area contributed by atoms with Crippen molar-refractivity contribution in [2.24, 2.45) is 0 Å². The summed E-state index contributed by atoms with van der Waals surface area (Å²) < 4.78 is 32.3. The molecule has 0 aliphatic carbocycles. The van der Waals surface area contributed by atoms with Gasteiger partial charge < -0.3 is 10.1 Å². The van der Waals surface area contributed by atoms with Crippen LogP contribution in [0.2, 0.25) is 0 Å². The number of ether oxygens (including phenoxy) is 1. The molecule has 2 N–H and O–H groups in total. The Morgan fingerprint density at radius 3 is 2.44 bits per heavy atom. The second kappa shape index (κ2) is 8.13. The van der Waals surface area contributed by atoms with E-state index in [1.807, 2.05) is 6.92 Å². The Morgan fingerprint density at radius 2 is 1.84 bits per heavy atom. The molecule has 0 aliphatic heterocycles. The maximum atomic E-state index is 12.4. The highest BCUT2D eigenvalue weighted by molar-refractivity contribution is 7.89. The van der Waals surface area contributed by atoms with Crippen molar-refractivity contribution in [3.8, 4) is 5.75 Å². The van der Waals surface area contributed by atoms with E-state index in [1.54, 1.807) is 50.4 Å². The highest BCUT2D eigenvalue weighted by Gasteiger charge is 2.18. The number of hydrogen-bond acceptors (Lipinski definition) is 4. The van der Waals surface area contributed by atoms with Crippen molar-refractivity contribution < 1.29 is 17.9 Å². The van der Waals surface area contributed by atoms with E-state index in [2.05, 4.69) is 10.0 Å². The average Bonchev–Trinajstić information content (AvgIpc) is 2.62. The molecule has 0 saturated carbocycles. The van der Waals surface area contributed by atoms with Crippen molar-refractivity contribution in [3.05, 3.63) is 54.1 Å². The van der Waals surface area contributed by atoms with Gasteiger partial charge in [-0.2, -0.15) is 0 Å². The summed E-state index contributed by atoms with van der Waals surface area (Å²) in [5.41, 5.74) is 0.861. The van der Waals surface area contributed by atoms with Gasteiger partial charge in [-0.25, -0.2) is 13.1 Å². The Kier molecular flexibility index (Phi) is 6.17. The summed E-state index contributed by atoms with van der Waals surface area (Å²) in [6.07, 6.45) is 0.677. The third-order valence-corrected chi connectivity index (χ3v) is 5.31. The first-order chi connectivity index (χ1) is 11.9. The van der Waals surface area contributed by atoms with Gasteiger partial charge in [0.15, 0.2) is 0 Å². The van der Waals surface area contributed by atoms with Crippen LogP contribution in [0.1, 0.15) is 30.6 Å². The molecule has 1 unspecified atom stereocenters. The van der Waals surface area contributed by atoms with Gasteiger partial charge in [-0.1, -0.05) is 13.0 Å². The minimum Gasteiger partial charge on any atom is -0.497 e. The number of anilines is 1. The predicted octanol–water partition coefficient (Wildman–Crippen LogP) is 3.02. The Labute approximate surface area is 148 Å². The smallest absolute Gasteiger partial charge is 0.255 e. The molecule has 0 aromatic heterocycles. The molecule has 0 radical (unpaired) electrons. The molecule has 25 heavy (non-hydrogen) atoms. The van der Waals surface area contributed by atoms with E-state index in [1.165, 1.54) is 12.1 Å². The van der Waals surface area contributed by atoms with E-state index in [9.17, 15) is 13.2 Å². The molecule has 6 nitrogen and oxygen atoms in total. The summed E-state index contributed by atoms with van der Waals surface area (Å²) in [7, 11) is -2.09. The zero-order valence-corrected chi connectivity index (χ0v) is 15.3. The maximum absolute atomic E-state index is 12.4. The molecule has 134 valence electrons. The predicted molar refractivity (Wildman–Crippen MR) is 97.5 cm³/mol. The monoisotopic (exact) mass is 362 g/mol. The van der Waals surface area contributed by atoms with Gasteiger partial charge >= 0.3 is 0 Å². The van der Waals surface area contributed by atoms with E-state index >= 15 is 0 Å². The van der Waals surface area contributed by atoms with Crippen molar-refractivity contribution in [1.82, 2.24) is 4.72 Å². The lowest BCUT2D eigenvalue weighted by Crippen LogP contribution is -2.32. The highest BCUT2D eigenvalue weighted by atomic mass is 32.2. The lowest BCUT2D eigenvalue weighted by molar-refractivity contribution is 0.102. The number of carbonyl (C=O) groups excluding carboxylic acids is 1. The van der Waals surface area contributed by atoms with Crippen molar-refractivity contribution >= 4 is 21.6 Å². The van der Waals surface area contributed by atoms with Crippen LogP contribution in [-0.2, 0) is 10.0 Å². The van der Waals surface area contributed by atoms with Crippen LogP contribution in [0.5, 0.6) is 5.75 Å². The first kappa shape index (κ1) is 19.0. The first-order valence-electron chi connectivity index (χ1n) is 7.93. The number of carbonyl (C=O) groups is 1. The van der Waals surface area contributed by atoms with Crippen molar-refractivity contribution in [3.63, 3.8) is 0 Å². The molecule has 0 aliphatic rings. The van der Waals surface area contributed by atoms with E-state index in [0.29, 0.717) is 17.9 Å². The standard InChI is InChI=1S/C18H22N2O4S/c1-4-13(2)20-25(22,23)17-7-5-6-14(12-17)18(21)19-15-8-10-16(24-3)11-9-15/h5-13,20H,4H2,1-3H3,(H,19,21). The van der Waals surface area contributed by atoms with Crippen molar-refractivity contribution in [2.75, 3.05) is 12.4 Å². The number of benzene rings is 2. The second-order valence-electron chi connectivity index (χ2n) is 5.64. The molecule has 1 atom stereocenters. The molecule has 0 spiro atoms. The van der Waals surface area contributed by atoms with Gasteiger partial charge in [-0.05, 0) is 55.8 Å². The van der Waals surface area contributed by atoms with Crippen LogP contribution in [0.4, 0.5) is 5.69 Å². The third-order valence-electron chi connectivity index (χ3n) is 3.72. The fourth-order valence-corrected chi connectivity index (χ4v) is 3.47. The van der Waals surface area contributed by atoms with Crippen molar-refractivity contribution in [2.45, 2.75) is 31.2 Å². The minimum absolute atomic E-state index is 0.0650. The van der Waals surface area contributed by atoms with E-state index < -0.39 is 10.0 Å². The molecule has 2 aromatic rings. The SMILES string of the molecule is CCC(C)NS(=O)(=O)c1cccc(C(=O)Nc2ccc(OC)cc2)c1. The molecule has 0 fully saturated rings. The lowest BCUT2D eigenvalue weighted by Gasteiger charge is -2.13. The van der Waals surface area contributed by atoms with Gasteiger partial charge in [-0.15, -0.1) is 0 Å². The topological polar surface area (TPSA) is 84.5 Å². The fourth-order valence-electron chi connectivity index (χ4n) is 2.10. The summed E-state index contributed by atoms with van der Waals surface area (Å²) in [5.74, 6) is 0.299. The van der Waals surface area contributed by atoms with E-state index in [-0.39, 0.29) is 22.4 Å². The maximum Gasteiger partial charge on any atom is 0.255 e. The van der Waals surface area contributed by atoms with Crippen LogP contribution in [0.25, 0.3) is 0 Å². The first-order valence-corrected chi connectivity index (χ1v) is 9.42. The molecular formula is C18H22N2O4S. The van der Waals surface area contributed by atoms with Crippen LogP contribution in [0.15, 0.2) is 53.4 Å². The highest BCUT2D eigenvalue weighted by Crippen LogP contribution is 2.17. The van der Waals surface area contributed by atoms with Gasteiger partial charge in [0.1, 0.15) is 5.75 Å². The molecule has 2 aromatic carbocycles. The Hall–Kier alpha value is -2.38. The summed E-state index contributed by atoms with van der Waals surface area (Å²) in [6.45, 7) is 3.68. The van der Waals surface area contributed by atoms with E-state index in [0.717, 1.165) is 0 Å². The number of nitrogens with one attached hydrogen (secondary N) is 2. The Bertz CT molecular complexity index is 832. The lowest BCUT2D eigenvalue weighted by atomic mass is 10.2. The largest absolute Gasteiger partial charge is 0.497 e. The van der Waals surface area contributed by atoms with Gasteiger partial charge in [0.05, 0.1) is 12.0 Å². The molecule has 0 bridgehead atoms. The molecule has 2 rings (SSSR count). The van der Waals surface area contributed by atoms with Crippen LogP contribution >= 0.6 is 0 Å².